The van der Waals surface area contributed by atoms with Crippen LogP contribution in [0.15, 0.2) is 77.7 Å². The number of nitrogens with zero attached hydrogens (tertiary/aromatic N) is 1. The standard InChI is InChI=1S/C26H25ClN2O5S/c1-18(25(30)29-15-7-11-20-10-5-6-12-23(20)29)34-26(31)21-13-14-22(27)24(16-21)35(32,33)28-17-19-8-3-2-4-9-19/h2-6,8-10,12-14,16,18,28H,7,11,15,17H2,1H3. The lowest BCUT2D eigenvalue weighted by Gasteiger charge is -2.31. The zero-order valence-corrected chi connectivity index (χ0v) is 20.7. The predicted octanol–water partition coefficient (Wildman–Crippen LogP) is 4.34. The van der Waals surface area contributed by atoms with E-state index in [1.165, 1.54) is 19.1 Å². The van der Waals surface area contributed by atoms with Gasteiger partial charge in [0.05, 0.1) is 10.6 Å². The second-order valence-electron chi connectivity index (χ2n) is 8.23. The van der Waals surface area contributed by atoms with Crippen molar-refractivity contribution >= 4 is 39.2 Å². The van der Waals surface area contributed by atoms with Crippen LogP contribution in [0.1, 0.15) is 34.8 Å². The fourth-order valence-electron chi connectivity index (χ4n) is 3.95. The average molecular weight is 513 g/mol. The van der Waals surface area contributed by atoms with E-state index in [9.17, 15) is 18.0 Å². The van der Waals surface area contributed by atoms with Crippen molar-refractivity contribution in [1.29, 1.82) is 0 Å². The molecule has 1 unspecified atom stereocenters. The summed E-state index contributed by atoms with van der Waals surface area (Å²) in [5, 5.41) is -0.0313. The first-order chi connectivity index (χ1) is 16.8. The number of carbonyl (C=O) groups excluding carboxylic acids is 2. The first-order valence-electron chi connectivity index (χ1n) is 11.2. The number of carbonyl (C=O) groups is 2. The van der Waals surface area contributed by atoms with Gasteiger partial charge in [0.25, 0.3) is 5.91 Å². The van der Waals surface area contributed by atoms with E-state index >= 15 is 0 Å². The molecule has 1 N–H and O–H groups in total. The van der Waals surface area contributed by atoms with Gasteiger partial charge in [0.15, 0.2) is 6.10 Å². The van der Waals surface area contributed by atoms with E-state index in [0.717, 1.165) is 35.7 Å². The number of sulfonamides is 1. The fraction of sp³-hybridized carbons (Fsp3) is 0.231. The van der Waals surface area contributed by atoms with Crippen LogP contribution in [-0.4, -0.2) is 32.9 Å². The van der Waals surface area contributed by atoms with Crippen molar-refractivity contribution in [2.75, 3.05) is 11.4 Å². The van der Waals surface area contributed by atoms with Crippen LogP contribution in [0.25, 0.3) is 0 Å². The number of amides is 1. The first kappa shape index (κ1) is 24.9. The molecule has 0 radical (unpaired) electrons. The van der Waals surface area contributed by atoms with Gasteiger partial charge in [-0.3, -0.25) is 4.79 Å². The minimum atomic E-state index is -4.01. The van der Waals surface area contributed by atoms with Crippen molar-refractivity contribution in [3.8, 4) is 0 Å². The number of para-hydroxylation sites is 1. The lowest BCUT2D eigenvalue weighted by Crippen LogP contribution is -2.42. The molecule has 0 saturated carbocycles. The normalized spacial score (nSPS) is 14.2. The summed E-state index contributed by atoms with van der Waals surface area (Å²) >= 11 is 6.14. The molecule has 0 saturated heterocycles. The van der Waals surface area contributed by atoms with Crippen LogP contribution < -0.4 is 9.62 Å². The van der Waals surface area contributed by atoms with Crippen molar-refractivity contribution < 1.29 is 22.7 Å². The van der Waals surface area contributed by atoms with Crippen molar-refractivity contribution in [3.05, 3.63) is 94.5 Å². The molecule has 3 aromatic carbocycles. The number of hydrogen-bond acceptors (Lipinski definition) is 5. The number of anilines is 1. The monoisotopic (exact) mass is 512 g/mol. The molecular formula is C26H25ClN2O5S. The van der Waals surface area contributed by atoms with Gasteiger partial charge >= 0.3 is 5.97 Å². The highest BCUT2D eigenvalue weighted by atomic mass is 35.5. The number of ether oxygens (including phenoxy) is 1. The maximum absolute atomic E-state index is 13.0. The molecule has 1 amide bonds. The third-order valence-electron chi connectivity index (χ3n) is 5.77. The van der Waals surface area contributed by atoms with Crippen LogP contribution in [0.3, 0.4) is 0 Å². The molecule has 4 rings (SSSR count). The third kappa shape index (κ3) is 5.73. The molecule has 35 heavy (non-hydrogen) atoms. The van der Waals surface area contributed by atoms with Crippen molar-refractivity contribution in [2.24, 2.45) is 0 Å². The number of rotatable bonds is 7. The Bertz CT molecular complexity index is 1340. The molecular weight excluding hydrogens is 488 g/mol. The van der Waals surface area contributed by atoms with Crippen LogP contribution in [-0.2, 0) is 32.5 Å². The quantitative estimate of drug-likeness (QED) is 0.475. The Kier molecular flexibility index (Phi) is 7.54. The minimum Gasteiger partial charge on any atom is -0.449 e. The summed E-state index contributed by atoms with van der Waals surface area (Å²) in [4.78, 5) is 27.2. The zero-order valence-electron chi connectivity index (χ0n) is 19.1. The van der Waals surface area contributed by atoms with Gasteiger partial charge in [-0.15, -0.1) is 0 Å². The minimum absolute atomic E-state index is 0.0202. The number of halogens is 1. The molecule has 0 spiro atoms. The largest absolute Gasteiger partial charge is 0.449 e. The zero-order chi connectivity index (χ0) is 25.0. The summed E-state index contributed by atoms with van der Waals surface area (Å²) in [5.41, 5.74) is 2.64. The number of nitrogens with one attached hydrogen (secondary N) is 1. The molecule has 0 aliphatic carbocycles. The lowest BCUT2D eigenvalue weighted by molar-refractivity contribution is -0.126. The Balaban J connectivity index is 1.47. The maximum atomic E-state index is 13.0. The highest BCUT2D eigenvalue weighted by molar-refractivity contribution is 7.89. The maximum Gasteiger partial charge on any atom is 0.338 e. The van der Waals surface area contributed by atoms with E-state index in [-0.39, 0.29) is 27.9 Å². The van der Waals surface area contributed by atoms with Crippen molar-refractivity contribution in [1.82, 2.24) is 4.72 Å². The van der Waals surface area contributed by atoms with E-state index in [1.807, 2.05) is 30.3 Å². The van der Waals surface area contributed by atoms with E-state index in [0.29, 0.717) is 6.54 Å². The van der Waals surface area contributed by atoms with E-state index in [1.54, 1.807) is 29.2 Å². The Hall–Kier alpha value is -3.20. The van der Waals surface area contributed by atoms with Crippen LogP contribution in [0.5, 0.6) is 0 Å². The van der Waals surface area contributed by atoms with Crippen LogP contribution in [0.4, 0.5) is 5.69 Å². The molecule has 3 aromatic rings. The number of fused-ring (bicyclic) bond motifs is 1. The molecule has 0 aromatic heterocycles. The van der Waals surface area contributed by atoms with Gasteiger partial charge < -0.3 is 9.64 Å². The van der Waals surface area contributed by atoms with E-state index < -0.39 is 22.1 Å². The van der Waals surface area contributed by atoms with Crippen LogP contribution in [0, 0.1) is 0 Å². The Morgan fingerprint density at radius 1 is 1.06 bits per heavy atom. The summed E-state index contributed by atoms with van der Waals surface area (Å²) in [6, 6.07) is 20.5. The Morgan fingerprint density at radius 3 is 2.54 bits per heavy atom. The molecule has 1 atom stereocenters. The number of aryl methyl sites for hydroxylation is 1. The smallest absolute Gasteiger partial charge is 0.338 e. The Morgan fingerprint density at radius 2 is 1.77 bits per heavy atom. The molecule has 0 fully saturated rings. The van der Waals surface area contributed by atoms with Gasteiger partial charge in [0, 0.05) is 18.8 Å². The SMILES string of the molecule is CC(OC(=O)c1ccc(Cl)c(S(=O)(=O)NCc2ccccc2)c1)C(=O)N1CCCc2ccccc21. The van der Waals surface area contributed by atoms with E-state index in [4.69, 9.17) is 16.3 Å². The highest BCUT2D eigenvalue weighted by Gasteiger charge is 2.29. The second-order valence-corrected chi connectivity index (χ2v) is 10.4. The summed E-state index contributed by atoms with van der Waals surface area (Å²) in [5.74, 6) is -1.15. The summed E-state index contributed by atoms with van der Waals surface area (Å²) < 4.78 is 33.6. The molecule has 0 bridgehead atoms. The molecule has 182 valence electrons. The van der Waals surface area contributed by atoms with E-state index in [2.05, 4.69) is 4.72 Å². The van der Waals surface area contributed by atoms with Crippen molar-refractivity contribution in [2.45, 2.75) is 37.3 Å². The molecule has 1 aliphatic rings. The number of esters is 1. The van der Waals surface area contributed by atoms with Crippen molar-refractivity contribution in [3.63, 3.8) is 0 Å². The highest BCUT2D eigenvalue weighted by Crippen LogP contribution is 2.28. The Labute approximate surface area is 209 Å². The summed E-state index contributed by atoms with van der Waals surface area (Å²) in [6.45, 7) is 2.11. The van der Waals surface area contributed by atoms with Gasteiger partial charge in [-0.1, -0.05) is 60.1 Å². The molecule has 7 nitrogen and oxygen atoms in total. The molecule has 9 heteroatoms. The fourth-order valence-corrected chi connectivity index (χ4v) is 5.49. The predicted molar refractivity (Wildman–Crippen MR) is 134 cm³/mol. The molecule has 1 aliphatic heterocycles. The topological polar surface area (TPSA) is 92.8 Å². The van der Waals surface area contributed by atoms with Gasteiger partial charge in [-0.05, 0) is 55.2 Å². The third-order valence-corrected chi connectivity index (χ3v) is 7.66. The lowest BCUT2D eigenvalue weighted by atomic mass is 10.0. The number of hydrogen-bond donors (Lipinski definition) is 1. The number of benzene rings is 3. The average Bonchev–Trinajstić information content (AvgIpc) is 2.87. The molecule has 1 heterocycles. The summed E-state index contributed by atoms with van der Waals surface area (Å²) in [7, 11) is -4.01. The van der Waals surface area contributed by atoms with Gasteiger partial charge in [-0.25, -0.2) is 17.9 Å². The van der Waals surface area contributed by atoms with Gasteiger partial charge in [0.1, 0.15) is 4.90 Å². The van der Waals surface area contributed by atoms with Crippen LogP contribution in [0.2, 0.25) is 5.02 Å². The van der Waals surface area contributed by atoms with Crippen LogP contribution >= 0.6 is 11.6 Å². The second kappa shape index (κ2) is 10.6. The van der Waals surface area contributed by atoms with Gasteiger partial charge in [-0.2, -0.15) is 0 Å². The summed E-state index contributed by atoms with van der Waals surface area (Å²) in [6.07, 6.45) is 0.646. The first-order valence-corrected chi connectivity index (χ1v) is 13.1. The van der Waals surface area contributed by atoms with Gasteiger partial charge in [0.2, 0.25) is 10.0 Å².